The standard InChI is InChI=1S/C20H16N6O/c1-25-11-22-16-9-13(6-7-18(16)25)26-20(21)14(10-23-26)19(27)17-8-12-4-2-3-5-15(12)24-17/h2-11,24H,21H2,1H3. The molecule has 0 aliphatic rings. The molecular formula is C20H16N6O. The number of H-pyrrole nitrogens is 1. The average molecular weight is 356 g/mol. The number of imidazole rings is 1. The topological polar surface area (TPSA) is 94.5 Å². The Bertz CT molecular complexity index is 1290. The average Bonchev–Trinajstić information content (AvgIpc) is 3.38. The summed E-state index contributed by atoms with van der Waals surface area (Å²) < 4.78 is 3.50. The van der Waals surface area contributed by atoms with E-state index in [9.17, 15) is 4.79 Å². The van der Waals surface area contributed by atoms with Gasteiger partial charge in [0.25, 0.3) is 0 Å². The van der Waals surface area contributed by atoms with E-state index in [4.69, 9.17) is 5.73 Å². The van der Waals surface area contributed by atoms with E-state index in [0.29, 0.717) is 17.1 Å². The van der Waals surface area contributed by atoms with Crippen LogP contribution in [0.1, 0.15) is 16.1 Å². The summed E-state index contributed by atoms with van der Waals surface area (Å²) >= 11 is 0. The second-order valence-electron chi connectivity index (χ2n) is 6.48. The molecule has 0 fully saturated rings. The molecule has 5 rings (SSSR count). The van der Waals surface area contributed by atoms with E-state index in [-0.39, 0.29) is 5.78 Å². The van der Waals surface area contributed by atoms with E-state index >= 15 is 0 Å². The van der Waals surface area contributed by atoms with Crippen molar-refractivity contribution in [1.29, 1.82) is 0 Å². The van der Waals surface area contributed by atoms with Crippen molar-refractivity contribution in [3.05, 3.63) is 72.3 Å². The van der Waals surface area contributed by atoms with Crippen LogP contribution in [0.5, 0.6) is 0 Å². The third-order valence-corrected chi connectivity index (χ3v) is 4.78. The maximum Gasteiger partial charge on any atom is 0.214 e. The maximum absolute atomic E-state index is 12.9. The summed E-state index contributed by atoms with van der Waals surface area (Å²) in [6, 6.07) is 15.3. The minimum atomic E-state index is -0.186. The zero-order valence-electron chi connectivity index (χ0n) is 14.5. The molecule has 3 aromatic heterocycles. The van der Waals surface area contributed by atoms with E-state index in [0.717, 1.165) is 27.6 Å². The zero-order chi connectivity index (χ0) is 18.5. The molecule has 0 saturated carbocycles. The first kappa shape index (κ1) is 15.4. The molecule has 3 heterocycles. The van der Waals surface area contributed by atoms with Gasteiger partial charge in [0.15, 0.2) is 0 Å². The summed E-state index contributed by atoms with van der Waals surface area (Å²) in [5, 5.41) is 5.30. The van der Waals surface area contributed by atoms with Gasteiger partial charge in [-0.3, -0.25) is 4.79 Å². The number of fused-ring (bicyclic) bond motifs is 2. The molecule has 2 aromatic carbocycles. The van der Waals surface area contributed by atoms with Crippen LogP contribution in [0.15, 0.2) is 61.1 Å². The molecule has 0 aliphatic carbocycles. The Morgan fingerprint density at radius 1 is 1.15 bits per heavy atom. The van der Waals surface area contributed by atoms with Gasteiger partial charge in [-0.15, -0.1) is 0 Å². The molecule has 0 bridgehead atoms. The molecule has 3 N–H and O–H groups in total. The fraction of sp³-hybridized carbons (Fsp3) is 0.0500. The first-order chi connectivity index (χ1) is 13.1. The molecule has 27 heavy (non-hydrogen) atoms. The van der Waals surface area contributed by atoms with Crippen LogP contribution < -0.4 is 5.73 Å². The second-order valence-corrected chi connectivity index (χ2v) is 6.48. The van der Waals surface area contributed by atoms with E-state index in [1.165, 1.54) is 6.20 Å². The van der Waals surface area contributed by atoms with Crippen molar-refractivity contribution < 1.29 is 4.79 Å². The normalized spacial score (nSPS) is 11.4. The number of ketones is 1. The molecule has 132 valence electrons. The van der Waals surface area contributed by atoms with E-state index in [1.54, 1.807) is 11.0 Å². The second kappa shape index (κ2) is 5.57. The number of hydrogen-bond donors (Lipinski definition) is 2. The van der Waals surface area contributed by atoms with Crippen LogP contribution in [0.25, 0.3) is 27.6 Å². The predicted octanol–water partition coefficient (Wildman–Crippen LogP) is 3.05. The van der Waals surface area contributed by atoms with Gasteiger partial charge < -0.3 is 15.3 Å². The number of hydrogen-bond acceptors (Lipinski definition) is 4. The number of carbonyl (C=O) groups is 1. The molecule has 0 unspecified atom stereocenters. The molecule has 0 spiro atoms. The number of nitrogens with two attached hydrogens (primary N) is 1. The number of aryl methyl sites for hydroxylation is 1. The Hall–Kier alpha value is -3.87. The number of carbonyl (C=O) groups excluding carboxylic acids is 1. The first-order valence-corrected chi connectivity index (χ1v) is 8.49. The highest BCUT2D eigenvalue weighted by Crippen LogP contribution is 2.24. The summed E-state index contributed by atoms with van der Waals surface area (Å²) in [4.78, 5) is 20.4. The molecule has 7 nitrogen and oxygen atoms in total. The summed E-state index contributed by atoms with van der Waals surface area (Å²) in [6.07, 6.45) is 3.26. The Kier molecular flexibility index (Phi) is 3.17. The van der Waals surface area contributed by atoms with Crippen LogP contribution in [0.2, 0.25) is 0 Å². The molecule has 0 amide bonds. The number of para-hydroxylation sites is 1. The van der Waals surface area contributed by atoms with Crippen molar-refractivity contribution in [2.45, 2.75) is 0 Å². The van der Waals surface area contributed by atoms with Crippen molar-refractivity contribution in [2.24, 2.45) is 7.05 Å². The van der Waals surface area contributed by atoms with Gasteiger partial charge in [0.05, 0.1) is 40.5 Å². The number of rotatable bonds is 3. The lowest BCUT2D eigenvalue weighted by Gasteiger charge is -2.05. The van der Waals surface area contributed by atoms with Crippen molar-refractivity contribution in [1.82, 2.24) is 24.3 Å². The summed E-state index contributed by atoms with van der Waals surface area (Å²) in [6.45, 7) is 0. The van der Waals surface area contributed by atoms with Crippen molar-refractivity contribution in [3.8, 4) is 5.69 Å². The molecule has 7 heteroatoms. The highest BCUT2D eigenvalue weighted by molar-refractivity contribution is 6.12. The summed E-state index contributed by atoms with van der Waals surface area (Å²) in [7, 11) is 1.94. The molecule has 0 aliphatic heterocycles. The molecule has 0 saturated heterocycles. The fourth-order valence-electron chi connectivity index (χ4n) is 3.34. The van der Waals surface area contributed by atoms with Crippen LogP contribution in [0, 0.1) is 0 Å². The highest BCUT2D eigenvalue weighted by Gasteiger charge is 2.19. The predicted molar refractivity (Wildman–Crippen MR) is 104 cm³/mol. The van der Waals surface area contributed by atoms with Crippen molar-refractivity contribution >= 4 is 33.5 Å². The van der Waals surface area contributed by atoms with E-state index < -0.39 is 0 Å². The number of nitrogens with zero attached hydrogens (tertiary/aromatic N) is 4. The smallest absolute Gasteiger partial charge is 0.214 e. The molecule has 0 radical (unpaired) electrons. The van der Waals surface area contributed by atoms with E-state index in [2.05, 4.69) is 15.1 Å². The minimum Gasteiger partial charge on any atom is -0.383 e. The van der Waals surface area contributed by atoms with Crippen LogP contribution in [-0.4, -0.2) is 30.1 Å². The summed E-state index contributed by atoms with van der Waals surface area (Å²) in [5.41, 5.74) is 10.6. The van der Waals surface area contributed by atoms with Gasteiger partial charge in [0.1, 0.15) is 5.82 Å². The Morgan fingerprint density at radius 3 is 2.85 bits per heavy atom. The Morgan fingerprint density at radius 2 is 2.00 bits per heavy atom. The molecule has 5 aromatic rings. The van der Waals surface area contributed by atoms with Crippen LogP contribution in [-0.2, 0) is 7.05 Å². The molecular weight excluding hydrogens is 340 g/mol. The first-order valence-electron chi connectivity index (χ1n) is 8.49. The number of nitrogen functional groups attached to an aromatic ring is 1. The van der Waals surface area contributed by atoms with Gasteiger partial charge in [-0.05, 0) is 30.3 Å². The van der Waals surface area contributed by atoms with Gasteiger partial charge in [-0.1, -0.05) is 18.2 Å². The SMILES string of the molecule is Cn1cnc2cc(-n3ncc(C(=O)c4cc5ccccc5[nH]4)c3N)ccc21. The van der Waals surface area contributed by atoms with Crippen LogP contribution >= 0.6 is 0 Å². The highest BCUT2D eigenvalue weighted by atomic mass is 16.1. The number of anilines is 1. The van der Waals surface area contributed by atoms with E-state index in [1.807, 2.05) is 60.1 Å². The third kappa shape index (κ3) is 2.32. The Labute approximate surface area is 154 Å². The van der Waals surface area contributed by atoms with Crippen LogP contribution in [0.3, 0.4) is 0 Å². The number of aromatic amines is 1. The van der Waals surface area contributed by atoms with Gasteiger partial charge in [-0.25, -0.2) is 9.67 Å². The van der Waals surface area contributed by atoms with Gasteiger partial charge >= 0.3 is 0 Å². The lowest BCUT2D eigenvalue weighted by molar-refractivity contribution is 0.103. The number of nitrogens with one attached hydrogen (secondary N) is 1. The zero-order valence-corrected chi connectivity index (χ0v) is 14.5. The quantitative estimate of drug-likeness (QED) is 0.486. The largest absolute Gasteiger partial charge is 0.383 e. The summed E-state index contributed by atoms with van der Waals surface area (Å²) in [5.74, 6) is 0.114. The number of benzene rings is 2. The Balaban J connectivity index is 1.56. The monoisotopic (exact) mass is 356 g/mol. The maximum atomic E-state index is 12.9. The molecule has 0 atom stereocenters. The fourth-order valence-corrected chi connectivity index (χ4v) is 3.34. The van der Waals surface area contributed by atoms with Gasteiger partial charge in [0, 0.05) is 18.0 Å². The van der Waals surface area contributed by atoms with Gasteiger partial charge in [0.2, 0.25) is 5.78 Å². The van der Waals surface area contributed by atoms with Gasteiger partial charge in [-0.2, -0.15) is 5.10 Å². The minimum absolute atomic E-state index is 0.186. The lowest BCUT2D eigenvalue weighted by atomic mass is 10.1. The van der Waals surface area contributed by atoms with Crippen molar-refractivity contribution in [3.63, 3.8) is 0 Å². The van der Waals surface area contributed by atoms with Crippen molar-refractivity contribution in [2.75, 3.05) is 5.73 Å². The third-order valence-electron chi connectivity index (χ3n) is 4.78. The van der Waals surface area contributed by atoms with Crippen LogP contribution in [0.4, 0.5) is 5.82 Å². The lowest BCUT2D eigenvalue weighted by Crippen LogP contribution is -2.07. The number of aromatic nitrogens is 5.